The first kappa shape index (κ1) is 16.5. The highest BCUT2D eigenvalue weighted by Gasteiger charge is 2.00. The van der Waals surface area contributed by atoms with E-state index in [-0.39, 0.29) is 5.43 Å². The van der Waals surface area contributed by atoms with Gasteiger partial charge < -0.3 is 4.98 Å². The van der Waals surface area contributed by atoms with E-state index in [4.69, 9.17) is 0 Å². The molecular formula is C20H27NO. The van der Waals surface area contributed by atoms with Crippen LogP contribution in [0, 0.1) is 0 Å². The normalized spacial score (nSPS) is 11.5. The highest BCUT2D eigenvalue weighted by molar-refractivity contribution is 5.78. The smallest absolute Gasteiger partial charge is 0.189 e. The number of H-pyrrole nitrogens is 1. The Kier molecular flexibility index (Phi) is 6.95. The highest BCUT2D eigenvalue weighted by Crippen LogP contribution is 2.10. The van der Waals surface area contributed by atoms with Gasteiger partial charge in [0.1, 0.15) is 0 Å². The number of aromatic amines is 1. The largest absolute Gasteiger partial charge is 0.358 e. The van der Waals surface area contributed by atoms with Crippen LogP contribution >= 0.6 is 0 Å². The van der Waals surface area contributed by atoms with Gasteiger partial charge in [0.15, 0.2) is 5.43 Å². The molecule has 0 saturated heterocycles. The monoisotopic (exact) mass is 297 g/mol. The molecule has 0 fully saturated rings. The molecule has 1 heterocycles. The van der Waals surface area contributed by atoms with Crippen molar-refractivity contribution in [3.8, 4) is 0 Å². The molecule has 118 valence electrons. The number of para-hydroxylation sites is 1. The molecule has 1 aromatic heterocycles. The van der Waals surface area contributed by atoms with Crippen molar-refractivity contribution >= 4 is 10.9 Å². The molecule has 2 rings (SSSR count). The number of hydrogen-bond acceptors (Lipinski definition) is 1. The van der Waals surface area contributed by atoms with Gasteiger partial charge in [0.25, 0.3) is 0 Å². The molecule has 2 nitrogen and oxygen atoms in total. The van der Waals surface area contributed by atoms with E-state index < -0.39 is 0 Å². The average Bonchev–Trinajstić information content (AvgIpc) is 2.53. The SMILES string of the molecule is CCCCCCC=CCCCc1cc(=O)c2ccccc2[nH]1. The molecular weight excluding hydrogens is 270 g/mol. The summed E-state index contributed by atoms with van der Waals surface area (Å²) < 4.78 is 0. The maximum Gasteiger partial charge on any atom is 0.189 e. The molecule has 0 radical (unpaired) electrons. The maximum atomic E-state index is 12.0. The number of allylic oxidation sites excluding steroid dienone is 2. The van der Waals surface area contributed by atoms with Gasteiger partial charge in [0.05, 0.1) is 0 Å². The van der Waals surface area contributed by atoms with Crippen molar-refractivity contribution in [2.45, 2.75) is 58.3 Å². The predicted molar refractivity (Wildman–Crippen MR) is 95.4 cm³/mol. The van der Waals surface area contributed by atoms with Crippen molar-refractivity contribution in [1.29, 1.82) is 0 Å². The van der Waals surface area contributed by atoms with Crippen LogP contribution in [0.3, 0.4) is 0 Å². The maximum absolute atomic E-state index is 12.0. The van der Waals surface area contributed by atoms with Crippen molar-refractivity contribution in [3.05, 3.63) is 58.4 Å². The zero-order valence-corrected chi connectivity index (χ0v) is 13.6. The molecule has 0 spiro atoms. The van der Waals surface area contributed by atoms with Gasteiger partial charge in [-0.3, -0.25) is 4.79 Å². The number of rotatable bonds is 9. The van der Waals surface area contributed by atoms with E-state index in [1.54, 1.807) is 6.07 Å². The lowest BCUT2D eigenvalue weighted by Crippen LogP contribution is -2.04. The number of hydrogen-bond donors (Lipinski definition) is 1. The average molecular weight is 297 g/mol. The highest BCUT2D eigenvalue weighted by atomic mass is 16.1. The lowest BCUT2D eigenvalue weighted by Gasteiger charge is -2.03. The van der Waals surface area contributed by atoms with Gasteiger partial charge in [-0.05, 0) is 44.2 Å². The number of unbranched alkanes of at least 4 members (excludes halogenated alkanes) is 5. The Hall–Kier alpha value is -1.83. The molecule has 0 aliphatic rings. The molecule has 0 unspecified atom stereocenters. The number of aromatic nitrogens is 1. The lowest BCUT2D eigenvalue weighted by atomic mass is 10.1. The quantitative estimate of drug-likeness (QED) is 0.489. The minimum absolute atomic E-state index is 0.121. The Morgan fingerprint density at radius 3 is 2.59 bits per heavy atom. The second kappa shape index (κ2) is 9.24. The van der Waals surface area contributed by atoms with E-state index >= 15 is 0 Å². The Morgan fingerprint density at radius 2 is 1.77 bits per heavy atom. The summed E-state index contributed by atoms with van der Waals surface area (Å²) in [4.78, 5) is 15.4. The number of pyridine rings is 1. The molecule has 22 heavy (non-hydrogen) atoms. The van der Waals surface area contributed by atoms with Gasteiger partial charge in [-0.15, -0.1) is 0 Å². The van der Waals surface area contributed by atoms with Crippen molar-refractivity contribution in [2.24, 2.45) is 0 Å². The molecule has 2 heteroatoms. The van der Waals surface area contributed by atoms with Crippen LogP contribution in [0.15, 0.2) is 47.3 Å². The fraction of sp³-hybridized carbons (Fsp3) is 0.450. The summed E-state index contributed by atoms with van der Waals surface area (Å²) in [6, 6.07) is 9.46. The van der Waals surface area contributed by atoms with Crippen LogP contribution < -0.4 is 5.43 Å². The third-order valence-corrected chi connectivity index (χ3v) is 4.00. The number of aryl methyl sites for hydroxylation is 1. The second-order valence-electron chi connectivity index (χ2n) is 5.92. The first-order valence-corrected chi connectivity index (χ1v) is 8.57. The van der Waals surface area contributed by atoms with E-state index in [9.17, 15) is 4.79 Å². The number of nitrogens with one attached hydrogen (secondary N) is 1. The van der Waals surface area contributed by atoms with E-state index in [0.29, 0.717) is 0 Å². The second-order valence-corrected chi connectivity index (χ2v) is 5.92. The molecule has 0 atom stereocenters. The van der Waals surface area contributed by atoms with Crippen LogP contribution in [-0.4, -0.2) is 4.98 Å². The zero-order chi connectivity index (χ0) is 15.6. The standard InChI is InChI=1S/C20H27NO/c1-2-3-4-5-6-7-8-9-10-13-17-16-20(22)18-14-11-12-15-19(18)21-17/h7-8,11-12,14-16H,2-6,9-10,13H2,1H3,(H,21,22). The van der Waals surface area contributed by atoms with Crippen LogP contribution in [0.1, 0.15) is 57.6 Å². The van der Waals surface area contributed by atoms with Crippen molar-refractivity contribution in [3.63, 3.8) is 0 Å². The van der Waals surface area contributed by atoms with Crippen molar-refractivity contribution < 1.29 is 0 Å². The summed E-state index contributed by atoms with van der Waals surface area (Å²) >= 11 is 0. The van der Waals surface area contributed by atoms with E-state index in [1.807, 2.05) is 24.3 Å². The van der Waals surface area contributed by atoms with Crippen LogP contribution in [0.2, 0.25) is 0 Å². The van der Waals surface area contributed by atoms with Gasteiger partial charge in [-0.2, -0.15) is 0 Å². The summed E-state index contributed by atoms with van der Waals surface area (Å²) in [6.07, 6.45) is 14.2. The van der Waals surface area contributed by atoms with Crippen LogP contribution in [0.25, 0.3) is 10.9 Å². The summed E-state index contributed by atoms with van der Waals surface area (Å²) in [5, 5.41) is 0.776. The first-order valence-electron chi connectivity index (χ1n) is 8.57. The Balaban J connectivity index is 1.75. The summed E-state index contributed by atoms with van der Waals surface area (Å²) in [6.45, 7) is 2.24. The van der Waals surface area contributed by atoms with Gasteiger partial charge in [-0.1, -0.05) is 50.5 Å². The molecule has 2 aromatic rings. The molecule has 0 amide bonds. The molecule has 0 aliphatic heterocycles. The van der Waals surface area contributed by atoms with Crippen LogP contribution in [-0.2, 0) is 6.42 Å². The summed E-state index contributed by atoms with van der Waals surface area (Å²) in [7, 11) is 0. The molecule has 0 bridgehead atoms. The zero-order valence-electron chi connectivity index (χ0n) is 13.6. The minimum atomic E-state index is 0.121. The third-order valence-electron chi connectivity index (χ3n) is 4.00. The van der Waals surface area contributed by atoms with E-state index in [2.05, 4.69) is 24.1 Å². The number of fused-ring (bicyclic) bond motifs is 1. The Labute approximate surface area is 133 Å². The first-order chi connectivity index (χ1) is 10.8. The molecule has 1 aromatic carbocycles. The van der Waals surface area contributed by atoms with Crippen molar-refractivity contribution in [2.75, 3.05) is 0 Å². The Morgan fingerprint density at radius 1 is 1.00 bits per heavy atom. The van der Waals surface area contributed by atoms with E-state index in [1.165, 1.54) is 32.1 Å². The minimum Gasteiger partial charge on any atom is -0.358 e. The van der Waals surface area contributed by atoms with Crippen LogP contribution in [0.5, 0.6) is 0 Å². The summed E-state index contributed by atoms with van der Waals surface area (Å²) in [5.74, 6) is 0. The lowest BCUT2D eigenvalue weighted by molar-refractivity contribution is 0.673. The molecule has 0 aliphatic carbocycles. The molecule has 0 saturated carbocycles. The molecule has 1 N–H and O–H groups in total. The van der Waals surface area contributed by atoms with Gasteiger partial charge in [0.2, 0.25) is 0 Å². The van der Waals surface area contributed by atoms with Crippen LogP contribution in [0.4, 0.5) is 0 Å². The summed E-state index contributed by atoms with van der Waals surface area (Å²) in [5.41, 5.74) is 2.10. The topological polar surface area (TPSA) is 32.9 Å². The van der Waals surface area contributed by atoms with Gasteiger partial charge >= 0.3 is 0 Å². The number of benzene rings is 1. The van der Waals surface area contributed by atoms with E-state index in [0.717, 1.165) is 35.9 Å². The van der Waals surface area contributed by atoms with Gasteiger partial charge in [-0.25, -0.2) is 0 Å². The Bertz CT molecular complexity index is 654. The third kappa shape index (κ3) is 5.18. The van der Waals surface area contributed by atoms with Gasteiger partial charge in [0, 0.05) is 22.7 Å². The fourth-order valence-corrected chi connectivity index (χ4v) is 2.72. The predicted octanol–water partition coefficient (Wildman–Crippen LogP) is 5.38. The fourth-order valence-electron chi connectivity index (χ4n) is 2.72. The van der Waals surface area contributed by atoms with Crippen molar-refractivity contribution in [1.82, 2.24) is 4.98 Å².